The molecule has 1 atom stereocenters. The molecule has 1 heterocycles. The number of ether oxygens (including phenoxy) is 1. The minimum Gasteiger partial charge on any atom is -0.350 e. The van der Waals surface area contributed by atoms with Crippen LogP contribution in [0.3, 0.4) is 0 Å². The van der Waals surface area contributed by atoms with Gasteiger partial charge in [0.2, 0.25) is 6.23 Å². The summed E-state index contributed by atoms with van der Waals surface area (Å²) in [4.78, 5) is 9.74. The maximum atomic E-state index is 9.74. The summed E-state index contributed by atoms with van der Waals surface area (Å²) in [5, 5.41) is 5.68. The Kier molecular flexibility index (Phi) is 1.93. The molecule has 4 heteroatoms. The van der Waals surface area contributed by atoms with E-state index < -0.39 is 6.23 Å². The van der Waals surface area contributed by atoms with Gasteiger partial charge in [0.15, 0.2) is 0 Å². The van der Waals surface area contributed by atoms with Crippen LogP contribution in [0.2, 0.25) is 0 Å². The predicted octanol–water partition coefficient (Wildman–Crippen LogP) is -0.301. The highest BCUT2D eigenvalue weighted by Gasteiger charge is 2.11. The first-order valence-electron chi connectivity index (χ1n) is 2.58. The Balaban J connectivity index is 2.22. The second kappa shape index (κ2) is 2.74. The average molecular weight is 116 g/mol. The molecule has 0 aromatic heterocycles. The smallest absolute Gasteiger partial charge is 0.202 e. The monoisotopic (exact) mass is 116 g/mol. The summed E-state index contributed by atoms with van der Waals surface area (Å²) >= 11 is 0. The number of nitrogens with zero attached hydrogens (tertiary/aromatic N) is 1. The van der Waals surface area contributed by atoms with Crippen LogP contribution in [0.5, 0.6) is 0 Å². The van der Waals surface area contributed by atoms with Crippen molar-refractivity contribution in [3.05, 3.63) is 4.91 Å². The maximum Gasteiger partial charge on any atom is 0.202 e. The van der Waals surface area contributed by atoms with Crippen molar-refractivity contribution in [1.82, 2.24) is 5.32 Å². The molecule has 1 N–H and O–H groups in total. The first-order chi connectivity index (χ1) is 3.93. The third kappa shape index (κ3) is 1.24. The second-order valence-electron chi connectivity index (χ2n) is 1.63. The van der Waals surface area contributed by atoms with Gasteiger partial charge in [-0.2, -0.15) is 0 Å². The van der Waals surface area contributed by atoms with Gasteiger partial charge in [-0.1, -0.05) is 0 Å². The summed E-state index contributed by atoms with van der Waals surface area (Å²) in [6.07, 6.45) is -0.455. The highest BCUT2D eigenvalue weighted by atomic mass is 16.5. The van der Waals surface area contributed by atoms with Crippen LogP contribution in [0.15, 0.2) is 5.18 Å². The lowest BCUT2D eigenvalue weighted by molar-refractivity contribution is 0.0337. The van der Waals surface area contributed by atoms with E-state index in [1.54, 1.807) is 0 Å². The van der Waals surface area contributed by atoms with E-state index in [9.17, 15) is 4.91 Å². The van der Waals surface area contributed by atoms with Crippen molar-refractivity contribution in [3.8, 4) is 0 Å². The molecule has 46 valence electrons. The minimum atomic E-state index is -0.455. The Labute approximate surface area is 47.2 Å². The van der Waals surface area contributed by atoms with Crippen molar-refractivity contribution in [2.75, 3.05) is 19.7 Å². The molecule has 1 unspecified atom stereocenters. The molecule has 0 spiro atoms. The Morgan fingerprint density at radius 3 is 3.00 bits per heavy atom. The Morgan fingerprint density at radius 1 is 1.75 bits per heavy atom. The standard InChI is InChI=1S/C4H8N2O2/c7-6-4-3-5-1-2-8-4/h4-5H,1-3H2. The normalized spacial score (nSPS) is 29.8. The average Bonchev–Trinajstić information content (AvgIpc) is 1.90. The fourth-order valence-electron chi connectivity index (χ4n) is 0.619. The van der Waals surface area contributed by atoms with Crippen LogP contribution in [0.1, 0.15) is 0 Å². The third-order valence-corrected chi connectivity index (χ3v) is 1.03. The van der Waals surface area contributed by atoms with Crippen molar-refractivity contribution >= 4 is 0 Å². The molecule has 1 aliphatic heterocycles. The van der Waals surface area contributed by atoms with Crippen molar-refractivity contribution in [3.63, 3.8) is 0 Å². The molecule has 0 aromatic carbocycles. The predicted molar refractivity (Wildman–Crippen MR) is 28.4 cm³/mol. The largest absolute Gasteiger partial charge is 0.350 e. The van der Waals surface area contributed by atoms with E-state index >= 15 is 0 Å². The van der Waals surface area contributed by atoms with Crippen LogP contribution in [-0.2, 0) is 4.74 Å². The van der Waals surface area contributed by atoms with E-state index in [0.717, 1.165) is 6.54 Å². The van der Waals surface area contributed by atoms with Gasteiger partial charge < -0.3 is 10.1 Å². The molecule has 0 aromatic rings. The molecule has 0 radical (unpaired) electrons. The first kappa shape index (κ1) is 5.65. The van der Waals surface area contributed by atoms with Gasteiger partial charge in [0, 0.05) is 13.1 Å². The molecule has 1 aliphatic rings. The molecular weight excluding hydrogens is 108 g/mol. The van der Waals surface area contributed by atoms with E-state index in [1.807, 2.05) is 0 Å². The maximum absolute atomic E-state index is 9.74. The highest BCUT2D eigenvalue weighted by molar-refractivity contribution is 4.62. The number of hydrogen-bond acceptors (Lipinski definition) is 4. The summed E-state index contributed by atoms with van der Waals surface area (Å²) in [5.41, 5.74) is 0. The van der Waals surface area contributed by atoms with Gasteiger partial charge >= 0.3 is 0 Å². The number of rotatable bonds is 1. The lowest BCUT2D eigenvalue weighted by Gasteiger charge is -2.16. The minimum absolute atomic E-state index is 0.455. The molecule has 1 fully saturated rings. The van der Waals surface area contributed by atoms with E-state index in [4.69, 9.17) is 4.74 Å². The fourth-order valence-corrected chi connectivity index (χ4v) is 0.619. The third-order valence-electron chi connectivity index (χ3n) is 1.03. The van der Waals surface area contributed by atoms with Crippen molar-refractivity contribution in [2.24, 2.45) is 5.18 Å². The van der Waals surface area contributed by atoms with Gasteiger partial charge in [0.25, 0.3) is 0 Å². The van der Waals surface area contributed by atoms with E-state index in [0.29, 0.717) is 13.2 Å². The molecule has 0 aliphatic carbocycles. The van der Waals surface area contributed by atoms with Gasteiger partial charge in [-0.05, 0) is 5.18 Å². The highest BCUT2D eigenvalue weighted by Crippen LogP contribution is 1.94. The van der Waals surface area contributed by atoms with Crippen LogP contribution < -0.4 is 5.32 Å². The van der Waals surface area contributed by atoms with Gasteiger partial charge in [0.1, 0.15) is 0 Å². The van der Waals surface area contributed by atoms with Gasteiger partial charge in [-0.15, -0.1) is 4.91 Å². The molecule has 0 amide bonds. The fraction of sp³-hybridized carbons (Fsp3) is 1.00. The second-order valence-corrected chi connectivity index (χ2v) is 1.63. The number of nitroso groups, excluding NO2 is 1. The summed E-state index contributed by atoms with van der Waals surface area (Å²) in [6.45, 7) is 1.98. The van der Waals surface area contributed by atoms with Gasteiger partial charge in [-0.25, -0.2) is 0 Å². The summed E-state index contributed by atoms with van der Waals surface area (Å²) in [6, 6.07) is 0. The summed E-state index contributed by atoms with van der Waals surface area (Å²) < 4.78 is 4.89. The van der Waals surface area contributed by atoms with E-state index in [2.05, 4.69) is 10.5 Å². The Bertz CT molecular complexity index is 80.1. The Morgan fingerprint density at radius 2 is 2.62 bits per heavy atom. The zero-order chi connectivity index (χ0) is 5.82. The SMILES string of the molecule is O=NC1CNCCO1. The van der Waals surface area contributed by atoms with Crippen LogP contribution in [0.4, 0.5) is 0 Å². The van der Waals surface area contributed by atoms with Gasteiger partial charge in [0.05, 0.1) is 6.61 Å². The van der Waals surface area contributed by atoms with Crippen LogP contribution in [0.25, 0.3) is 0 Å². The van der Waals surface area contributed by atoms with Crippen LogP contribution in [0, 0.1) is 4.91 Å². The summed E-state index contributed by atoms with van der Waals surface area (Å²) in [5.74, 6) is 0. The molecule has 1 rings (SSSR count). The number of nitrogens with one attached hydrogen (secondary N) is 1. The first-order valence-corrected chi connectivity index (χ1v) is 2.58. The van der Waals surface area contributed by atoms with Crippen molar-refractivity contribution in [2.45, 2.75) is 6.23 Å². The zero-order valence-corrected chi connectivity index (χ0v) is 4.46. The molecule has 4 nitrogen and oxygen atoms in total. The number of hydrogen-bond donors (Lipinski definition) is 1. The molecular formula is C4H8N2O2. The van der Waals surface area contributed by atoms with Crippen molar-refractivity contribution in [1.29, 1.82) is 0 Å². The van der Waals surface area contributed by atoms with Crippen LogP contribution >= 0.6 is 0 Å². The summed E-state index contributed by atoms with van der Waals surface area (Å²) in [7, 11) is 0. The molecule has 0 bridgehead atoms. The zero-order valence-electron chi connectivity index (χ0n) is 4.46. The Hall–Kier alpha value is -0.480. The quantitative estimate of drug-likeness (QED) is 0.478. The lowest BCUT2D eigenvalue weighted by Crippen LogP contribution is -2.37. The van der Waals surface area contributed by atoms with Crippen LogP contribution in [-0.4, -0.2) is 25.9 Å². The van der Waals surface area contributed by atoms with Crippen molar-refractivity contribution < 1.29 is 4.74 Å². The van der Waals surface area contributed by atoms with E-state index in [-0.39, 0.29) is 0 Å². The molecule has 8 heavy (non-hydrogen) atoms. The topological polar surface area (TPSA) is 50.7 Å². The number of morpholine rings is 1. The molecule has 1 saturated heterocycles. The van der Waals surface area contributed by atoms with Gasteiger partial charge in [-0.3, -0.25) is 0 Å². The lowest BCUT2D eigenvalue weighted by atomic mass is 10.5. The molecule has 0 saturated carbocycles. The van der Waals surface area contributed by atoms with E-state index in [1.165, 1.54) is 0 Å².